The van der Waals surface area contributed by atoms with Crippen molar-refractivity contribution in [3.8, 4) is 0 Å². The van der Waals surface area contributed by atoms with Crippen LogP contribution in [0.3, 0.4) is 0 Å². The van der Waals surface area contributed by atoms with E-state index in [0.717, 1.165) is 5.56 Å². The standard InChI is InChI=1S/C20H26NO6P/c1-3-25-20(23)28(24,27-4-2)18(17-13-9-6-10-14-17)21-19(22)26-15-16-11-7-5-8-12-16/h5-14,18,20,23H,3-4,15H2,1-2H3,(H,21,22). The smallest absolute Gasteiger partial charge is 0.408 e. The summed E-state index contributed by atoms with van der Waals surface area (Å²) in [7, 11) is -3.89. The predicted molar refractivity (Wildman–Crippen MR) is 106 cm³/mol. The molecule has 2 rings (SSSR count). The minimum absolute atomic E-state index is 0.0567. The molecule has 3 unspecified atom stereocenters. The second-order valence-corrected chi connectivity index (χ2v) is 8.37. The number of alkyl carbamates (subject to hydrolysis) is 1. The summed E-state index contributed by atoms with van der Waals surface area (Å²) in [5, 5.41) is 12.9. The van der Waals surface area contributed by atoms with Gasteiger partial charge in [0.15, 0.2) is 0 Å². The number of amides is 1. The summed E-state index contributed by atoms with van der Waals surface area (Å²) in [6.07, 6.45) is -0.777. The fourth-order valence-electron chi connectivity index (χ4n) is 2.61. The monoisotopic (exact) mass is 407 g/mol. The lowest BCUT2D eigenvalue weighted by atomic mass is 10.2. The third kappa shape index (κ3) is 5.91. The third-order valence-corrected chi connectivity index (χ3v) is 6.47. The Bertz CT molecular complexity index is 771. The van der Waals surface area contributed by atoms with Crippen LogP contribution in [0.2, 0.25) is 0 Å². The van der Waals surface area contributed by atoms with E-state index in [4.69, 9.17) is 14.0 Å². The van der Waals surface area contributed by atoms with Crippen LogP contribution in [0, 0.1) is 0 Å². The lowest BCUT2D eigenvalue weighted by molar-refractivity contribution is -0.0456. The summed E-state index contributed by atoms with van der Waals surface area (Å²) >= 11 is 0. The molecule has 2 aromatic rings. The quantitative estimate of drug-likeness (QED) is 0.452. The van der Waals surface area contributed by atoms with Crippen molar-refractivity contribution < 1.29 is 28.5 Å². The first-order chi connectivity index (χ1) is 13.5. The van der Waals surface area contributed by atoms with Gasteiger partial charge in [-0.25, -0.2) is 4.79 Å². The summed E-state index contributed by atoms with van der Waals surface area (Å²) in [5.41, 5.74) is 1.32. The average molecular weight is 407 g/mol. The first-order valence-electron chi connectivity index (χ1n) is 9.07. The largest absolute Gasteiger partial charge is 0.445 e. The number of hydrogen-bond acceptors (Lipinski definition) is 6. The van der Waals surface area contributed by atoms with Gasteiger partial charge in [-0.3, -0.25) is 4.57 Å². The van der Waals surface area contributed by atoms with E-state index >= 15 is 0 Å². The maximum Gasteiger partial charge on any atom is 0.408 e. The van der Waals surface area contributed by atoms with Crippen LogP contribution in [-0.4, -0.2) is 30.4 Å². The van der Waals surface area contributed by atoms with Crippen molar-refractivity contribution in [2.45, 2.75) is 32.3 Å². The Kier molecular flexibility index (Phi) is 8.67. The van der Waals surface area contributed by atoms with Crippen LogP contribution in [-0.2, 0) is 25.2 Å². The Balaban J connectivity index is 2.23. The van der Waals surface area contributed by atoms with Gasteiger partial charge in [0.2, 0.25) is 6.03 Å². The van der Waals surface area contributed by atoms with Gasteiger partial charge >= 0.3 is 6.09 Å². The molecule has 2 aromatic carbocycles. The molecule has 0 heterocycles. The van der Waals surface area contributed by atoms with Crippen LogP contribution in [0.4, 0.5) is 4.79 Å². The highest BCUT2D eigenvalue weighted by Crippen LogP contribution is 2.61. The number of aliphatic hydroxyl groups excluding tert-OH is 1. The van der Waals surface area contributed by atoms with Crippen molar-refractivity contribution >= 4 is 13.5 Å². The molecule has 1 amide bonds. The summed E-state index contributed by atoms with van der Waals surface area (Å²) in [6, 6.07) is 16.1. The Morgan fingerprint density at radius 2 is 1.64 bits per heavy atom. The van der Waals surface area contributed by atoms with E-state index in [9.17, 15) is 14.5 Å². The molecule has 0 fully saturated rings. The molecule has 0 radical (unpaired) electrons. The summed E-state index contributed by atoms with van der Waals surface area (Å²) < 4.78 is 29.4. The molecule has 0 aliphatic heterocycles. The molecule has 7 nitrogen and oxygen atoms in total. The van der Waals surface area contributed by atoms with Gasteiger partial charge in [-0.2, -0.15) is 0 Å². The number of carbonyl (C=O) groups excluding carboxylic acids is 1. The lowest BCUT2D eigenvalue weighted by Gasteiger charge is -2.31. The van der Waals surface area contributed by atoms with Gasteiger partial charge in [-0.05, 0) is 25.0 Å². The fraction of sp³-hybridized carbons (Fsp3) is 0.350. The molecule has 0 bridgehead atoms. The zero-order valence-corrected chi connectivity index (χ0v) is 16.9. The molecule has 0 spiro atoms. The van der Waals surface area contributed by atoms with Gasteiger partial charge < -0.3 is 24.4 Å². The second-order valence-electron chi connectivity index (χ2n) is 5.86. The summed E-state index contributed by atoms with van der Waals surface area (Å²) in [4.78, 5) is 12.4. The Labute approximate surface area is 165 Å². The van der Waals surface area contributed by atoms with E-state index in [1.165, 1.54) is 0 Å². The van der Waals surface area contributed by atoms with E-state index in [1.807, 2.05) is 30.3 Å². The maximum atomic E-state index is 13.5. The van der Waals surface area contributed by atoms with Crippen molar-refractivity contribution in [3.05, 3.63) is 71.8 Å². The van der Waals surface area contributed by atoms with E-state index in [2.05, 4.69) is 5.32 Å². The molecule has 0 aromatic heterocycles. The molecule has 0 saturated carbocycles. The van der Waals surface area contributed by atoms with E-state index in [0.29, 0.717) is 5.56 Å². The first kappa shape index (κ1) is 22.1. The molecule has 8 heteroatoms. The Morgan fingerprint density at radius 3 is 2.21 bits per heavy atom. The number of ether oxygens (including phenoxy) is 2. The number of aliphatic hydroxyl groups is 1. The minimum atomic E-state index is -3.89. The average Bonchev–Trinajstić information content (AvgIpc) is 2.72. The van der Waals surface area contributed by atoms with Crippen molar-refractivity contribution in [1.29, 1.82) is 0 Å². The SMILES string of the molecule is CCOC(O)P(=O)(OCC)C(NC(=O)OCc1ccccc1)c1ccccc1. The predicted octanol–water partition coefficient (Wildman–Crippen LogP) is 4.24. The van der Waals surface area contributed by atoms with Crippen molar-refractivity contribution in [2.75, 3.05) is 13.2 Å². The zero-order valence-electron chi connectivity index (χ0n) is 16.0. The third-order valence-electron chi connectivity index (χ3n) is 3.90. The number of carbonyl (C=O) groups is 1. The number of benzene rings is 2. The molecule has 3 atom stereocenters. The minimum Gasteiger partial charge on any atom is -0.445 e. The molecule has 2 N–H and O–H groups in total. The van der Waals surface area contributed by atoms with Crippen LogP contribution in [0.15, 0.2) is 60.7 Å². The van der Waals surface area contributed by atoms with E-state index in [1.54, 1.807) is 44.2 Å². The molecular weight excluding hydrogens is 381 g/mol. The van der Waals surface area contributed by atoms with Gasteiger partial charge in [0, 0.05) is 6.61 Å². The lowest BCUT2D eigenvalue weighted by Crippen LogP contribution is -2.33. The van der Waals surface area contributed by atoms with E-state index in [-0.39, 0.29) is 19.8 Å². The first-order valence-corrected chi connectivity index (χ1v) is 10.8. The van der Waals surface area contributed by atoms with Crippen LogP contribution in [0.25, 0.3) is 0 Å². The van der Waals surface area contributed by atoms with Crippen LogP contribution in [0.1, 0.15) is 30.8 Å². The number of nitrogens with one attached hydrogen (secondary N) is 1. The van der Waals surface area contributed by atoms with Crippen molar-refractivity contribution in [3.63, 3.8) is 0 Å². The van der Waals surface area contributed by atoms with Crippen molar-refractivity contribution in [1.82, 2.24) is 5.32 Å². The molecule has 0 saturated heterocycles. The summed E-state index contributed by atoms with van der Waals surface area (Å²) in [6.45, 7) is 3.59. The van der Waals surface area contributed by atoms with Gasteiger partial charge in [0.05, 0.1) is 6.61 Å². The highest BCUT2D eigenvalue weighted by molar-refractivity contribution is 7.59. The highest BCUT2D eigenvalue weighted by atomic mass is 31.2. The molecule has 28 heavy (non-hydrogen) atoms. The van der Waals surface area contributed by atoms with Crippen LogP contribution >= 0.6 is 7.37 Å². The molecular formula is C20H26NO6P. The van der Waals surface area contributed by atoms with Gasteiger partial charge in [0.1, 0.15) is 12.4 Å². The van der Waals surface area contributed by atoms with Gasteiger partial charge in [0.25, 0.3) is 7.37 Å². The maximum absolute atomic E-state index is 13.5. The fourth-order valence-corrected chi connectivity index (χ4v) is 4.78. The topological polar surface area (TPSA) is 94.1 Å². The Hall–Kier alpha value is -2.18. The molecule has 152 valence electrons. The second kappa shape index (κ2) is 11.0. The van der Waals surface area contributed by atoms with E-state index < -0.39 is 25.3 Å². The van der Waals surface area contributed by atoms with Gasteiger partial charge in [-0.15, -0.1) is 0 Å². The normalized spacial score (nSPS) is 15.2. The summed E-state index contributed by atoms with van der Waals surface area (Å²) in [5.74, 6) is -1.13. The Morgan fingerprint density at radius 1 is 1.04 bits per heavy atom. The number of rotatable bonds is 10. The highest BCUT2D eigenvalue weighted by Gasteiger charge is 2.44. The molecule has 0 aliphatic carbocycles. The van der Waals surface area contributed by atoms with Crippen LogP contribution in [0.5, 0.6) is 0 Å². The van der Waals surface area contributed by atoms with Crippen LogP contribution < -0.4 is 5.32 Å². The zero-order chi connectivity index (χ0) is 20.4. The number of hydrogen-bond donors (Lipinski definition) is 2. The van der Waals surface area contributed by atoms with Crippen molar-refractivity contribution in [2.24, 2.45) is 0 Å². The molecule has 0 aliphatic rings. The van der Waals surface area contributed by atoms with Gasteiger partial charge in [-0.1, -0.05) is 60.7 Å².